The molecule has 2 aliphatic rings. The summed E-state index contributed by atoms with van der Waals surface area (Å²) in [4.78, 5) is 20.4. The van der Waals surface area contributed by atoms with E-state index in [1.54, 1.807) is 0 Å². The lowest BCUT2D eigenvalue weighted by Crippen LogP contribution is -2.41. The van der Waals surface area contributed by atoms with Crippen LogP contribution in [0, 0.1) is 13.8 Å². The Morgan fingerprint density at radius 3 is 2.76 bits per heavy atom. The van der Waals surface area contributed by atoms with Gasteiger partial charge in [0.2, 0.25) is 0 Å². The van der Waals surface area contributed by atoms with Gasteiger partial charge in [-0.2, -0.15) is 0 Å². The number of fused-ring (bicyclic) bond motifs is 1. The zero-order valence-corrected chi connectivity index (χ0v) is 15.4. The van der Waals surface area contributed by atoms with E-state index in [2.05, 4.69) is 42.3 Å². The number of pyridine rings is 1. The molecule has 0 radical (unpaired) electrons. The second-order valence-corrected chi connectivity index (χ2v) is 7.70. The predicted molar refractivity (Wildman–Crippen MR) is 101 cm³/mol. The quantitative estimate of drug-likeness (QED) is 0.928. The van der Waals surface area contributed by atoms with Gasteiger partial charge < -0.3 is 10.2 Å². The van der Waals surface area contributed by atoms with Gasteiger partial charge in [-0.05, 0) is 64.3 Å². The average Bonchev–Trinajstić information content (AvgIpc) is 3.33. The number of nitrogens with zero attached hydrogens (tertiary/aromatic N) is 2. The van der Waals surface area contributed by atoms with Gasteiger partial charge in [0.1, 0.15) is 0 Å². The largest absolute Gasteiger partial charge is 0.334 e. The number of nitrogens with one attached hydrogen (secondary N) is 1. The van der Waals surface area contributed by atoms with E-state index >= 15 is 0 Å². The number of aryl methyl sites for hydroxylation is 2. The van der Waals surface area contributed by atoms with Crippen LogP contribution >= 0.6 is 0 Å². The molecule has 2 heterocycles. The zero-order valence-electron chi connectivity index (χ0n) is 15.4. The highest BCUT2D eigenvalue weighted by Crippen LogP contribution is 2.41. The molecule has 1 aliphatic carbocycles. The average molecular weight is 337 g/mol. The summed E-state index contributed by atoms with van der Waals surface area (Å²) < 4.78 is 0. The minimum absolute atomic E-state index is 0.178. The molecule has 1 atom stereocenters. The maximum atomic E-state index is 13.4. The Balaban J connectivity index is 1.83. The van der Waals surface area contributed by atoms with Crippen molar-refractivity contribution in [2.75, 3.05) is 20.1 Å². The van der Waals surface area contributed by atoms with Gasteiger partial charge in [-0.3, -0.25) is 9.78 Å². The summed E-state index contributed by atoms with van der Waals surface area (Å²) in [5.74, 6) is 0.723. The lowest BCUT2D eigenvalue weighted by Gasteiger charge is -2.25. The maximum absolute atomic E-state index is 13.4. The number of benzene rings is 1. The van der Waals surface area contributed by atoms with E-state index in [4.69, 9.17) is 4.98 Å². The Hall–Kier alpha value is -1.94. The minimum Gasteiger partial charge on any atom is -0.334 e. The van der Waals surface area contributed by atoms with Crippen LogP contribution in [0.2, 0.25) is 0 Å². The molecule has 0 bridgehead atoms. The second kappa shape index (κ2) is 6.41. The number of hydrogen-bond donors (Lipinski definition) is 1. The summed E-state index contributed by atoms with van der Waals surface area (Å²) in [6.45, 7) is 5.92. The van der Waals surface area contributed by atoms with E-state index in [1.165, 1.54) is 24.0 Å². The Bertz CT molecular complexity index is 825. The van der Waals surface area contributed by atoms with Crippen molar-refractivity contribution < 1.29 is 4.79 Å². The molecule has 132 valence electrons. The third-order valence-corrected chi connectivity index (χ3v) is 5.57. The van der Waals surface area contributed by atoms with E-state index in [0.717, 1.165) is 48.1 Å². The first kappa shape index (κ1) is 16.5. The minimum atomic E-state index is 0.178. The van der Waals surface area contributed by atoms with Gasteiger partial charge in [0.05, 0.1) is 11.1 Å². The van der Waals surface area contributed by atoms with Crippen LogP contribution in [0.3, 0.4) is 0 Å². The van der Waals surface area contributed by atoms with Gasteiger partial charge in [-0.15, -0.1) is 0 Å². The smallest absolute Gasteiger partial charge is 0.254 e. The van der Waals surface area contributed by atoms with Crippen molar-refractivity contribution in [1.82, 2.24) is 15.2 Å². The van der Waals surface area contributed by atoms with Crippen LogP contribution in [0.4, 0.5) is 0 Å². The Morgan fingerprint density at radius 1 is 1.24 bits per heavy atom. The van der Waals surface area contributed by atoms with E-state index in [1.807, 2.05) is 7.05 Å². The summed E-state index contributed by atoms with van der Waals surface area (Å²) in [6.07, 6.45) is 4.57. The van der Waals surface area contributed by atoms with Crippen LogP contribution in [0.5, 0.6) is 0 Å². The normalized spacial score (nSPS) is 20.4. The second-order valence-electron chi connectivity index (χ2n) is 7.70. The Morgan fingerprint density at radius 2 is 2.04 bits per heavy atom. The highest BCUT2D eigenvalue weighted by molar-refractivity contribution is 6.07. The number of hydrogen-bond acceptors (Lipinski definition) is 3. The molecule has 1 saturated carbocycles. The SMILES string of the molecule is CNCC1CCCN1C(=O)c1cc(C2CC2)nc2c(C)cc(C)cc12. The van der Waals surface area contributed by atoms with Crippen LogP contribution in [-0.4, -0.2) is 42.0 Å². The molecule has 2 aromatic rings. The lowest BCUT2D eigenvalue weighted by atomic mass is 9.99. The number of amides is 1. The molecule has 1 saturated heterocycles. The van der Waals surface area contributed by atoms with Crippen molar-refractivity contribution in [1.29, 1.82) is 0 Å². The first-order chi connectivity index (χ1) is 12.1. The highest BCUT2D eigenvalue weighted by atomic mass is 16.2. The van der Waals surface area contributed by atoms with Gasteiger partial charge >= 0.3 is 0 Å². The fourth-order valence-corrected chi connectivity index (χ4v) is 4.17. The van der Waals surface area contributed by atoms with Crippen molar-refractivity contribution >= 4 is 16.8 Å². The van der Waals surface area contributed by atoms with Crippen LogP contribution < -0.4 is 5.32 Å². The molecule has 1 aromatic carbocycles. The number of likely N-dealkylation sites (tertiary alicyclic amines) is 1. The molecule has 1 unspecified atom stereocenters. The van der Waals surface area contributed by atoms with Crippen molar-refractivity contribution in [2.45, 2.75) is 51.5 Å². The summed E-state index contributed by atoms with van der Waals surface area (Å²) in [5, 5.41) is 4.25. The molecule has 0 spiro atoms. The highest BCUT2D eigenvalue weighted by Gasteiger charge is 2.32. The molecule has 1 aliphatic heterocycles. The van der Waals surface area contributed by atoms with E-state index in [0.29, 0.717) is 12.0 Å². The van der Waals surface area contributed by atoms with E-state index in [-0.39, 0.29) is 5.91 Å². The zero-order chi connectivity index (χ0) is 17.6. The number of rotatable bonds is 4. The van der Waals surface area contributed by atoms with Crippen LogP contribution in [0.25, 0.3) is 10.9 Å². The fraction of sp³-hybridized carbons (Fsp3) is 0.524. The third kappa shape index (κ3) is 3.04. The first-order valence-corrected chi connectivity index (χ1v) is 9.46. The number of likely N-dealkylation sites (N-methyl/N-ethyl adjacent to an activating group) is 1. The lowest BCUT2D eigenvalue weighted by molar-refractivity contribution is 0.0739. The number of carbonyl (C=O) groups excluding carboxylic acids is 1. The first-order valence-electron chi connectivity index (χ1n) is 9.46. The Kier molecular flexibility index (Phi) is 4.24. The van der Waals surface area contributed by atoms with Crippen LogP contribution in [0.1, 0.15) is 58.8 Å². The van der Waals surface area contributed by atoms with Gasteiger partial charge in [-0.25, -0.2) is 0 Å². The molecule has 1 amide bonds. The number of aromatic nitrogens is 1. The molecule has 1 aromatic heterocycles. The van der Waals surface area contributed by atoms with Crippen molar-refractivity contribution in [3.63, 3.8) is 0 Å². The van der Waals surface area contributed by atoms with Crippen molar-refractivity contribution in [2.24, 2.45) is 0 Å². The Labute approximate surface area is 149 Å². The molecule has 1 N–H and O–H groups in total. The molecule has 2 fully saturated rings. The van der Waals surface area contributed by atoms with Crippen LogP contribution in [0.15, 0.2) is 18.2 Å². The molecule has 4 rings (SSSR count). The van der Waals surface area contributed by atoms with Gasteiger partial charge in [0.15, 0.2) is 0 Å². The fourth-order valence-electron chi connectivity index (χ4n) is 4.17. The molecule has 4 nitrogen and oxygen atoms in total. The van der Waals surface area contributed by atoms with Gasteiger partial charge in [-0.1, -0.05) is 11.6 Å². The molecular formula is C21H27N3O. The molecule has 4 heteroatoms. The van der Waals surface area contributed by atoms with Gasteiger partial charge in [0.25, 0.3) is 5.91 Å². The summed E-state index contributed by atoms with van der Waals surface area (Å²) >= 11 is 0. The maximum Gasteiger partial charge on any atom is 0.254 e. The summed E-state index contributed by atoms with van der Waals surface area (Å²) in [5.41, 5.74) is 5.31. The van der Waals surface area contributed by atoms with E-state index in [9.17, 15) is 4.79 Å². The number of carbonyl (C=O) groups is 1. The molecular weight excluding hydrogens is 310 g/mol. The van der Waals surface area contributed by atoms with Crippen molar-refractivity contribution in [3.05, 3.63) is 40.6 Å². The molecule has 25 heavy (non-hydrogen) atoms. The van der Waals surface area contributed by atoms with E-state index < -0.39 is 0 Å². The van der Waals surface area contributed by atoms with Gasteiger partial charge in [0, 0.05) is 36.1 Å². The third-order valence-electron chi connectivity index (χ3n) is 5.57. The monoisotopic (exact) mass is 337 g/mol. The predicted octanol–water partition coefficient (Wildman–Crippen LogP) is 3.55. The summed E-state index contributed by atoms with van der Waals surface area (Å²) in [7, 11) is 1.96. The standard InChI is InChI=1S/C21H27N3O/c1-13-9-14(2)20-17(10-13)18(11-19(23-20)15-6-7-15)21(25)24-8-4-5-16(24)12-22-3/h9-11,15-16,22H,4-8,12H2,1-3H3. The summed E-state index contributed by atoms with van der Waals surface area (Å²) in [6, 6.07) is 6.68. The topological polar surface area (TPSA) is 45.2 Å². The van der Waals surface area contributed by atoms with Crippen molar-refractivity contribution in [3.8, 4) is 0 Å². The van der Waals surface area contributed by atoms with Crippen LogP contribution in [-0.2, 0) is 0 Å².